The average Bonchev–Trinajstić information content (AvgIpc) is 2.52. The van der Waals surface area contributed by atoms with Crippen molar-refractivity contribution in [2.75, 3.05) is 24.3 Å². The van der Waals surface area contributed by atoms with Gasteiger partial charge in [0.25, 0.3) is 5.69 Å². The van der Waals surface area contributed by atoms with Gasteiger partial charge >= 0.3 is 0 Å². The van der Waals surface area contributed by atoms with E-state index < -0.39 is 4.92 Å². The molecular weight excluding hydrogens is 282 g/mol. The normalized spacial score (nSPS) is 9.86. The van der Waals surface area contributed by atoms with Crippen LogP contribution in [-0.4, -0.2) is 24.0 Å². The Hall–Kier alpha value is -3.14. The Morgan fingerprint density at radius 2 is 2.18 bits per heavy atom. The molecule has 0 radical (unpaired) electrons. The molecule has 7 nitrogen and oxygen atoms in total. The number of aromatic nitrogens is 1. The lowest BCUT2D eigenvalue weighted by molar-refractivity contribution is -0.384. The SMILES string of the molecule is CN(C)c1ncccc1CNc1cc(C#N)ccc1[N+](=O)[O-]. The number of nitro groups is 1. The fraction of sp³-hybridized carbons (Fsp3) is 0.200. The molecule has 2 rings (SSSR count). The predicted molar refractivity (Wildman–Crippen MR) is 83.7 cm³/mol. The molecule has 0 aliphatic carbocycles. The maximum atomic E-state index is 11.1. The molecule has 2 aromatic rings. The molecule has 0 amide bonds. The van der Waals surface area contributed by atoms with Crippen molar-refractivity contribution in [3.05, 3.63) is 57.8 Å². The molecule has 1 heterocycles. The van der Waals surface area contributed by atoms with Crippen molar-refractivity contribution in [1.29, 1.82) is 5.26 Å². The van der Waals surface area contributed by atoms with Gasteiger partial charge in [0, 0.05) is 38.5 Å². The number of anilines is 2. The van der Waals surface area contributed by atoms with Gasteiger partial charge in [-0.25, -0.2) is 4.98 Å². The minimum absolute atomic E-state index is 0.0608. The summed E-state index contributed by atoms with van der Waals surface area (Å²) in [5.41, 5.74) is 1.53. The standard InChI is InChI=1S/C15H15N5O2/c1-19(2)15-12(4-3-7-17-15)10-18-13-8-11(9-16)5-6-14(13)20(21)22/h3-8,18H,10H2,1-2H3. The summed E-state index contributed by atoms with van der Waals surface area (Å²) in [6.45, 7) is 0.372. The Balaban J connectivity index is 2.29. The second-order valence-electron chi connectivity index (χ2n) is 4.83. The quantitative estimate of drug-likeness (QED) is 0.673. The molecule has 0 aliphatic heterocycles. The summed E-state index contributed by atoms with van der Waals surface area (Å²) in [4.78, 5) is 16.8. The van der Waals surface area contributed by atoms with Crippen molar-refractivity contribution in [2.45, 2.75) is 6.54 Å². The van der Waals surface area contributed by atoms with Crippen molar-refractivity contribution in [3.63, 3.8) is 0 Å². The lowest BCUT2D eigenvalue weighted by atomic mass is 10.1. The molecule has 1 aromatic carbocycles. The summed E-state index contributed by atoms with van der Waals surface area (Å²) in [5, 5.41) is 23.0. The topological polar surface area (TPSA) is 95.1 Å². The van der Waals surface area contributed by atoms with Crippen LogP contribution in [0.5, 0.6) is 0 Å². The maximum Gasteiger partial charge on any atom is 0.292 e. The molecule has 0 aliphatic rings. The van der Waals surface area contributed by atoms with E-state index in [1.807, 2.05) is 37.2 Å². The number of hydrogen-bond donors (Lipinski definition) is 1. The summed E-state index contributed by atoms with van der Waals surface area (Å²) in [6.07, 6.45) is 1.69. The molecule has 7 heteroatoms. The number of benzene rings is 1. The van der Waals surface area contributed by atoms with Gasteiger partial charge in [0.1, 0.15) is 11.5 Å². The highest BCUT2D eigenvalue weighted by atomic mass is 16.6. The van der Waals surface area contributed by atoms with Crippen LogP contribution in [0.25, 0.3) is 0 Å². The third-order valence-corrected chi connectivity index (χ3v) is 3.08. The zero-order valence-corrected chi connectivity index (χ0v) is 12.3. The summed E-state index contributed by atoms with van der Waals surface area (Å²) >= 11 is 0. The second kappa shape index (κ2) is 6.54. The summed E-state index contributed by atoms with van der Waals surface area (Å²) < 4.78 is 0. The van der Waals surface area contributed by atoms with Crippen LogP contribution in [0.15, 0.2) is 36.5 Å². The van der Waals surface area contributed by atoms with Crippen molar-refractivity contribution in [3.8, 4) is 6.07 Å². The van der Waals surface area contributed by atoms with Gasteiger partial charge in [-0.1, -0.05) is 6.07 Å². The predicted octanol–water partition coefficient (Wildman–Crippen LogP) is 2.54. The largest absolute Gasteiger partial charge is 0.375 e. The molecule has 0 saturated heterocycles. The van der Waals surface area contributed by atoms with Crippen LogP contribution < -0.4 is 10.2 Å². The molecule has 0 saturated carbocycles. The summed E-state index contributed by atoms with van der Waals surface area (Å²) in [6, 6.07) is 9.92. The molecular formula is C15H15N5O2. The second-order valence-corrected chi connectivity index (χ2v) is 4.83. The Kier molecular flexibility index (Phi) is 4.53. The first-order valence-electron chi connectivity index (χ1n) is 6.56. The van der Waals surface area contributed by atoms with Crippen molar-refractivity contribution in [1.82, 2.24) is 4.98 Å². The Morgan fingerprint density at radius 1 is 1.41 bits per heavy atom. The Labute approximate surface area is 128 Å². The number of nitrogens with zero attached hydrogens (tertiary/aromatic N) is 4. The first-order chi connectivity index (χ1) is 10.5. The van der Waals surface area contributed by atoms with Gasteiger partial charge in [-0.3, -0.25) is 10.1 Å². The molecule has 0 atom stereocenters. The van der Waals surface area contributed by atoms with Crippen LogP contribution in [0.2, 0.25) is 0 Å². The van der Waals surface area contributed by atoms with E-state index in [1.54, 1.807) is 6.20 Å². The molecule has 0 unspecified atom stereocenters. The van der Waals surface area contributed by atoms with Gasteiger partial charge in [-0.05, 0) is 18.2 Å². The maximum absolute atomic E-state index is 11.1. The minimum Gasteiger partial charge on any atom is -0.375 e. The molecule has 112 valence electrons. The highest BCUT2D eigenvalue weighted by Gasteiger charge is 2.15. The van der Waals surface area contributed by atoms with Crippen LogP contribution >= 0.6 is 0 Å². The van der Waals surface area contributed by atoms with Crippen LogP contribution in [0, 0.1) is 21.4 Å². The van der Waals surface area contributed by atoms with Crippen LogP contribution in [0.3, 0.4) is 0 Å². The fourth-order valence-electron chi connectivity index (χ4n) is 2.07. The number of nitro benzene ring substituents is 1. The number of hydrogen-bond acceptors (Lipinski definition) is 6. The smallest absolute Gasteiger partial charge is 0.292 e. The molecule has 1 N–H and O–H groups in total. The molecule has 22 heavy (non-hydrogen) atoms. The molecule has 0 fully saturated rings. The Bertz CT molecular complexity index is 737. The van der Waals surface area contributed by atoms with Gasteiger partial charge in [-0.2, -0.15) is 5.26 Å². The van der Waals surface area contributed by atoms with E-state index in [2.05, 4.69) is 10.3 Å². The van der Waals surface area contributed by atoms with Crippen LogP contribution in [-0.2, 0) is 6.54 Å². The van der Waals surface area contributed by atoms with Gasteiger partial charge in [0.05, 0.1) is 16.6 Å². The van der Waals surface area contributed by atoms with Crippen molar-refractivity contribution in [2.24, 2.45) is 0 Å². The molecule has 1 aromatic heterocycles. The highest BCUT2D eigenvalue weighted by molar-refractivity contribution is 5.65. The third-order valence-electron chi connectivity index (χ3n) is 3.08. The zero-order valence-electron chi connectivity index (χ0n) is 12.3. The van der Waals surface area contributed by atoms with Crippen LogP contribution in [0.4, 0.5) is 17.2 Å². The van der Waals surface area contributed by atoms with E-state index in [4.69, 9.17) is 5.26 Å². The van der Waals surface area contributed by atoms with E-state index in [9.17, 15) is 10.1 Å². The van der Waals surface area contributed by atoms with Crippen molar-refractivity contribution < 1.29 is 4.92 Å². The molecule has 0 spiro atoms. The van der Waals surface area contributed by atoms with E-state index in [-0.39, 0.29) is 5.69 Å². The number of rotatable bonds is 5. The van der Waals surface area contributed by atoms with E-state index in [1.165, 1.54) is 18.2 Å². The lowest BCUT2D eigenvalue weighted by Crippen LogP contribution is -2.14. The monoisotopic (exact) mass is 297 g/mol. The third kappa shape index (κ3) is 3.30. The minimum atomic E-state index is -0.473. The number of nitriles is 1. The van der Waals surface area contributed by atoms with Gasteiger partial charge in [-0.15, -0.1) is 0 Å². The first-order valence-corrected chi connectivity index (χ1v) is 6.56. The van der Waals surface area contributed by atoms with Gasteiger partial charge < -0.3 is 10.2 Å². The summed E-state index contributed by atoms with van der Waals surface area (Å²) in [7, 11) is 3.76. The molecule has 0 bridgehead atoms. The Morgan fingerprint density at radius 3 is 2.82 bits per heavy atom. The lowest BCUT2D eigenvalue weighted by Gasteiger charge is -2.16. The van der Waals surface area contributed by atoms with Gasteiger partial charge in [0.2, 0.25) is 0 Å². The average molecular weight is 297 g/mol. The number of pyridine rings is 1. The van der Waals surface area contributed by atoms with Gasteiger partial charge in [0.15, 0.2) is 0 Å². The number of nitrogens with one attached hydrogen (secondary N) is 1. The van der Waals surface area contributed by atoms with E-state index >= 15 is 0 Å². The fourth-order valence-corrected chi connectivity index (χ4v) is 2.07. The summed E-state index contributed by atoms with van der Waals surface area (Å²) in [5.74, 6) is 0.786. The zero-order chi connectivity index (χ0) is 16.1. The van der Waals surface area contributed by atoms with Crippen molar-refractivity contribution >= 4 is 17.2 Å². The first kappa shape index (κ1) is 15.3. The highest BCUT2D eigenvalue weighted by Crippen LogP contribution is 2.26. The van der Waals surface area contributed by atoms with E-state index in [0.29, 0.717) is 17.8 Å². The van der Waals surface area contributed by atoms with E-state index in [0.717, 1.165) is 11.4 Å². The van der Waals surface area contributed by atoms with Crippen LogP contribution in [0.1, 0.15) is 11.1 Å².